The third-order valence-corrected chi connectivity index (χ3v) is 2.54. The standard InChI is InChI=1S/C11H17N3O/c1-8-6-9(2)14-11(13-8)15-7-10-4-3-5-12-10/h6,10,12H,3-5,7H2,1-2H3/t10-/m0/s1. The Morgan fingerprint density at radius 2 is 2.13 bits per heavy atom. The van der Waals surface area contributed by atoms with Gasteiger partial charge in [-0.25, -0.2) is 9.97 Å². The van der Waals surface area contributed by atoms with Crippen molar-refractivity contribution in [2.24, 2.45) is 0 Å². The summed E-state index contributed by atoms with van der Waals surface area (Å²) in [5, 5.41) is 3.38. The van der Waals surface area contributed by atoms with Crippen LogP contribution in [-0.4, -0.2) is 29.2 Å². The van der Waals surface area contributed by atoms with Crippen molar-refractivity contribution in [1.82, 2.24) is 15.3 Å². The van der Waals surface area contributed by atoms with Crippen molar-refractivity contribution in [3.05, 3.63) is 17.5 Å². The fourth-order valence-electron chi connectivity index (χ4n) is 1.83. The Morgan fingerprint density at radius 3 is 2.73 bits per heavy atom. The summed E-state index contributed by atoms with van der Waals surface area (Å²) in [6.07, 6.45) is 2.42. The van der Waals surface area contributed by atoms with Gasteiger partial charge < -0.3 is 10.1 Å². The molecule has 1 saturated heterocycles. The highest BCUT2D eigenvalue weighted by Crippen LogP contribution is 2.09. The number of hydrogen-bond acceptors (Lipinski definition) is 4. The Bertz CT molecular complexity index is 314. The Kier molecular flexibility index (Phi) is 3.16. The van der Waals surface area contributed by atoms with E-state index < -0.39 is 0 Å². The Morgan fingerprint density at radius 1 is 1.40 bits per heavy atom. The molecule has 1 aromatic heterocycles. The lowest BCUT2D eigenvalue weighted by molar-refractivity contribution is 0.256. The van der Waals surface area contributed by atoms with Crippen LogP contribution in [0.2, 0.25) is 0 Å². The van der Waals surface area contributed by atoms with E-state index in [0.29, 0.717) is 18.7 Å². The number of ether oxygens (including phenoxy) is 1. The maximum atomic E-state index is 5.57. The molecule has 2 heterocycles. The zero-order valence-electron chi connectivity index (χ0n) is 9.29. The summed E-state index contributed by atoms with van der Waals surface area (Å²) in [6.45, 7) is 5.68. The van der Waals surface area contributed by atoms with E-state index >= 15 is 0 Å². The van der Waals surface area contributed by atoms with Crippen molar-refractivity contribution >= 4 is 0 Å². The second kappa shape index (κ2) is 4.57. The van der Waals surface area contributed by atoms with Crippen LogP contribution in [0, 0.1) is 13.8 Å². The third kappa shape index (κ3) is 2.89. The Labute approximate surface area is 90.1 Å². The van der Waals surface area contributed by atoms with E-state index in [9.17, 15) is 0 Å². The second-order valence-electron chi connectivity index (χ2n) is 4.04. The zero-order valence-corrected chi connectivity index (χ0v) is 9.29. The molecule has 0 bridgehead atoms. The molecule has 0 aliphatic carbocycles. The third-order valence-electron chi connectivity index (χ3n) is 2.54. The van der Waals surface area contributed by atoms with Crippen LogP contribution in [-0.2, 0) is 0 Å². The van der Waals surface area contributed by atoms with Gasteiger partial charge in [-0.2, -0.15) is 0 Å². The topological polar surface area (TPSA) is 47.0 Å². The summed E-state index contributed by atoms with van der Waals surface area (Å²) < 4.78 is 5.57. The molecule has 82 valence electrons. The van der Waals surface area contributed by atoms with Gasteiger partial charge in [-0.15, -0.1) is 0 Å². The smallest absolute Gasteiger partial charge is 0.316 e. The molecule has 0 amide bonds. The molecule has 1 aliphatic rings. The van der Waals surface area contributed by atoms with Crippen molar-refractivity contribution in [2.45, 2.75) is 32.7 Å². The van der Waals surface area contributed by atoms with Crippen LogP contribution < -0.4 is 10.1 Å². The lowest BCUT2D eigenvalue weighted by Gasteiger charge is -2.11. The molecule has 2 rings (SSSR count). The number of rotatable bonds is 3. The van der Waals surface area contributed by atoms with E-state index in [4.69, 9.17) is 4.74 Å². The molecule has 1 aliphatic heterocycles. The van der Waals surface area contributed by atoms with Gasteiger partial charge in [-0.05, 0) is 39.3 Å². The largest absolute Gasteiger partial charge is 0.462 e. The first kappa shape index (κ1) is 10.4. The Balaban J connectivity index is 1.92. The van der Waals surface area contributed by atoms with Crippen LogP contribution >= 0.6 is 0 Å². The van der Waals surface area contributed by atoms with Gasteiger partial charge in [0.2, 0.25) is 0 Å². The average Bonchev–Trinajstić information content (AvgIpc) is 2.65. The van der Waals surface area contributed by atoms with Gasteiger partial charge in [0, 0.05) is 17.4 Å². The summed E-state index contributed by atoms with van der Waals surface area (Å²) in [6, 6.07) is 2.91. The van der Waals surface area contributed by atoms with Crippen LogP contribution in [0.25, 0.3) is 0 Å². The molecule has 1 atom stereocenters. The quantitative estimate of drug-likeness (QED) is 0.809. The average molecular weight is 207 g/mol. The second-order valence-corrected chi connectivity index (χ2v) is 4.04. The monoisotopic (exact) mass is 207 g/mol. The SMILES string of the molecule is Cc1cc(C)nc(OC[C@@H]2CCCN2)n1. The minimum atomic E-state index is 0.467. The molecule has 0 unspecified atom stereocenters. The van der Waals surface area contributed by atoms with Gasteiger partial charge in [-0.1, -0.05) is 0 Å². The summed E-state index contributed by atoms with van der Waals surface area (Å²) in [7, 11) is 0. The predicted octanol–water partition coefficient (Wildman–Crippen LogP) is 1.22. The molecule has 1 N–H and O–H groups in total. The number of hydrogen-bond donors (Lipinski definition) is 1. The predicted molar refractivity (Wildman–Crippen MR) is 58.0 cm³/mol. The van der Waals surface area contributed by atoms with Gasteiger partial charge >= 0.3 is 6.01 Å². The normalized spacial score (nSPS) is 20.5. The van der Waals surface area contributed by atoms with Gasteiger partial charge in [0.15, 0.2) is 0 Å². The summed E-state index contributed by atoms with van der Waals surface area (Å²) in [4.78, 5) is 8.47. The van der Waals surface area contributed by atoms with Gasteiger partial charge in [0.1, 0.15) is 6.61 Å². The van der Waals surface area contributed by atoms with E-state index in [-0.39, 0.29) is 0 Å². The molecule has 0 aromatic carbocycles. The van der Waals surface area contributed by atoms with E-state index in [2.05, 4.69) is 15.3 Å². The fraction of sp³-hybridized carbons (Fsp3) is 0.636. The van der Waals surface area contributed by atoms with E-state index in [1.165, 1.54) is 12.8 Å². The minimum absolute atomic E-state index is 0.467. The lowest BCUT2D eigenvalue weighted by Crippen LogP contribution is -2.28. The van der Waals surface area contributed by atoms with E-state index in [0.717, 1.165) is 17.9 Å². The van der Waals surface area contributed by atoms with Crippen LogP contribution in [0.3, 0.4) is 0 Å². The number of nitrogens with zero attached hydrogens (tertiary/aromatic N) is 2. The first-order valence-corrected chi connectivity index (χ1v) is 5.42. The number of aromatic nitrogens is 2. The van der Waals surface area contributed by atoms with E-state index in [1.54, 1.807) is 0 Å². The molecule has 0 radical (unpaired) electrons. The van der Waals surface area contributed by atoms with Crippen molar-refractivity contribution in [3.8, 4) is 6.01 Å². The molecule has 4 heteroatoms. The van der Waals surface area contributed by atoms with Gasteiger partial charge in [0.05, 0.1) is 0 Å². The molecule has 1 fully saturated rings. The lowest BCUT2D eigenvalue weighted by atomic mass is 10.2. The molecule has 1 aromatic rings. The van der Waals surface area contributed by atoms with Gasteiger partial charge in [0.25, 0.3) is 0 Å². The molecule has 15 heavy (non-hydrogen) atoms. The highest BCUT2D eigenvalue weighted by atomic mass is 16.5. The molecular weight excluding hydrogens is 190 g/mol. The van der Waals surface area contributed by atoms with E-state index in [1.807, 2.05) is 19.9 Å². The first-order valence-electron chi connectivity index (χ1n) is 5.42. The summed E-state index contributed by atoms with van der Waals surface area (Å²) >= 11 is 0. The van der Waals surface area contributed by atoms with Crippen LogP contribution in [0.1, 0.15) is 24.2 Å². The Hall–Kier alpha value is -1.16. The van der Waals surface area contributed by atoms with Crippen LogP contribution in [0.4, 0.5) is 0 Å². The molecule has 4 nitrogen and oxygen atoms in total. The molecule has 0 saturated carbocycles. The first-order chi connectivity index (χ1) is 7.24. The van der Waals surface area contributed by atoms with Crippen molar-refractivity contribution in [1.29, 1.82) is 0 Å². The van der Waals surface area contributed by atoms with Gasteiger partial charge in [-0.3, -0.25) is 0 Å². The molecule has 0 spiro atoms. The maximum absolute atomic E-state index is 5.57. The fourth-order valence-corrected chi connectivity index (χ4v) is 1.83. The molecular formula is C11H17N3O. The highest BCUT2D eigenvalue weighted by Gasteiger charge is 2.15. The van der Waals surface area contributed by atoms with Crippen molar-refractivity contribution in [3.63, 3.8) is 0 Å². The van der Waals surface area contributed by atoms with Crippen LogP contribution in [0.5, 0.6) is 6.01 Å². The maximum Gasteiger partial charge on any atom is 0.316 e. The van der Waals surface area contributed by atoms with Crippen molar-refractivity contribution < 1.29 is 4.74 Å². The summed E-state index contributed by atoms with van der Waals surface area (Å²) in [5.41, 5.74) is 1.91. The summed E-state index contributed by atoms with van der Waals surface area (Å²) in [5.74, 6) is 0. The minimum Gasteiger partial charge on any atom is -0.462 e. The van der Waals surface area contributed by atoms with Crippen molar-refractivity contribution in [2.75, 3.05) is 13.2 Å². The van der Waals surface area contributed by atoms with Crippen LogP contribution in [0.15, 0.2) is 6.07 Å². The number of aryl methyl sites for hydroxylation is 2. The number of nitrogens with one attached hydrogen (secondary N) is 1. The highest BCUT2D eigenvalue weighted by molar-refractivity contribution is 5.11. The zero-order chi connectivity index (χ0) is 10.7.